The number of halogens is 1. The van der Waals surface area contributed by atoms with Crippen molar-refractivity contribution in [1.82, 2.24) is 10.6 Å². The molecule has 0 aromatic carbocycles. The van der Waals surface area contributed by atoms with Crippen LogP contribution < -0.4 is 10.6 Å². The standard InChI is InChI=1S/C14H23N3O2.HI/c1-14(2)11(8-12(14)18-4)17-13(15-3)16-9-10-6-5-7-19-10;/h5-7,11-12H,8-9H2,1-4H3,(H2,15,16,17);1H. The van der Waals surface area contributed by atoms with Crippen LogP contribution in [0.2, 0.25) is 0 Å². The molecule has 1 saturated carbocycles. The fraction of sp³-hybridized carbons (Fsp3) is 0.643. The van der Waals surface area contributed by atoms with Crippen LogP contribution in [-0.4, -0.2) is 32.3 Å². The minimum Gasteiger partial charge on any atom is -0.467 e. The molecular formula is C14H24IN3O2. The van der Waals surface area contributed by atoms with Crippen molar-refractivity contribution in [1.29, 1.82) is 0 Å². The summed E-state index contributed by atoms with van der Waals surface area (Å²) in [7, 11) is 3.55. The third kappa shape index (κ3) is 3.66. The largest absolute Gasteiger partial charge is 0.467 e. The van der Waals surface area contributed by atoms with Gasteiger partial charge in [0, 0.05) is 25.6 Å². The molecule has 1 aromatic rings. The maximum atomic E-state index is 5.45. The second kappa shape index (κ2) is 7.31. The SMILES string of the molecule is CN=C(NCc1ccco1)NC1CC(OC)C1(C)C.I. The van der Waals surface area contributed by atoms with Crippen molar-refractivity contribution in [3.8, 4) is 0 Å². The Bertz CT molecular complexity index is 432. The third-order valence-electron chi connectivity index (χ3n) is 4.01. The number of hydrogen-bond acceptors (Lipinski definition) is 3. The fourth-order valence-corrected chi connectivity index (χ4v) is 2.47. The number of hydrogen-bond donors (Lipinski definition) is 2. The highest BCUT2D eigenvalue weighted by Crippen LogP contribution is 2.42. The van der Waals surface area contributed by atoms with Gasteiger partial charge < -0.3 is 19.8 Å². The topological polar surface area (TPSA) is 58.8 Å². The van der Waals surface area contributed by atoms with Crippen molar-refractivity contribution in [2.24, 2.45) is 10.4 Å². The first-order valence-corrected chi connectivity index (χ1v) is 6.60. The summed E-state index contributed by atoms with van der Waals surface area (Å²) in [4.78, 5) is 4.24. The summed E-state index contributed by atoms with van der Waals surface area (Å²) in [5.41, 5.74) is 0.122. The van der Waals surface area contributed by atoms with E-state index < -0.39 is 0 Å². The molecule has 2 rings (SSSR count). The van der Waals surface area contributed by atoms with Gasteiger partial charge in [0.1, 0.15) is 5.76 Å². The molecule has 0 saturated heterocycles. The maximum Gasteiger partial charge on any atom is 0.191 e. The summed E-state index contributed by atoms with van der Waals surface area (Å²) in [6, 6.07) is 4.19. The Labute approximate surface area is 137 Å². The van der Waals surface area contributed by atoms with Crippen LogP contribution in [0.5, 0.6) is 0 Å². The first-order chi connectivity index (χ1) is 9.07. The van der Waals surface area contributed by atoms with E-state index in [0.717, 1.165) is 18.1 Å². The van der Waals surface area contributed by atoms with Crippen LogP contribution in [0.15, 0.2) is 27.8 Å². The summed E-state index contributed by atoms with van der Waals surface area (Å²) in [6.45, 7) is 5.05. The van der Waals surface area contributed by atoms with Gasteiger partial charge in [-0.05, 0) is 18.6 Å². The molecule has 6 heteroatoms. The molecule has 114 valence electrons. The van der Waals surface area contributed by atoms with Gasteiger partial charge in [0.05, 0.1) is 18.9 Å². The molecule has 1 fully saturated rings. The van der Waals surface area contributed by atoms with E-state index in [-0.39, 0.29) is 29.4 Å². The molecule has 0 spiro atoms. The summed E-state index contributed by atoms with van der Waals surface area (Å²) < 4.78 is 10.7. The lowest BCUT2D eigenvalue weighted by Crippen LogP contribution is -2.63. The maximum absolute atomic E-state index is 5.45. The highest BCUT2D eigenvalue weighted by atomic mass is 127. The number of guanidine groups is 1. The lowest BCUT2D eigenvalue weighted by molar-refractivity contribution is -0.0922. The molecule has 1 aliphatic carbocycles. The smallest absolute Gasteiger partial charge is 0.191 e. The van der Waals surface area contributed by atoms with E-state index in [1.807, 2.05) is 12.1 Å². The summed E-state index contributed by atoms with van der Waals surface area (Å²) in [6.07, 6.45) is 2.99. The summed E-state index contributed by atoms with van der Waals surface area (Å²) in [5, 5.41) is 6.68. The number of ether oxygens (including phenoxy) is 1. The predicted molar refractivity (Wildman–Crippen MR) is 90.4 cm³/mol. The van der Waals surface area contributed by atoms with E-state index in [1.165, 1.54) is 0 Å². The first kappa shape index (κ1) is 17.3. The van der Waals surface area contributed by atoms with Gasteiger partial charge in [0.25, 0.3) is 0 Å². The predicted octanol–water partition coefficient (Wildman–Crippen LogP) is 2.38. The van der Waals surface area contributed by atoms with Crippen LogP contribution in [0.3, 0.4) is 0 Å². The van der Waals surface area contributed by atoms with E-state index in [4.69, 9.17) is 9.15 Å². The quantitative estimate of drug-likeness (QED) is 0.469. The third-order valence-corrected chi connectivity index (χ3v) is 4.01. The molecule has 0 bridgehead atoms. The molecule has 0 aliphatic heterocycles. The highest BCUT2D eigenvalue weighted by molar-refractivity contribution is 14.0. The van der Waals surface area contributed by atoms with Gasteiger partial charge >= 0.3 is 0 Å². The van der Waals surface area contributed by atoms with Crippen molar-refractivity contribution >= 4 is 29.9 Å². The lowest BCUT2D eigenvalue weighted by atomic mass is 9.64. The highest BCUT2D eigenvalue weighted by Gasteiger charge is 2.48. The number of furan rings is 1. The monoisotopic (exact) mass is 393 g/mol. The molecule has 0 radical (unpaired) electrons. The Balaban J connectivity index is 0.00000200. The summed E-state index contributed by atoms with van der Waals surface area (Å²) >= 11 is 0. The Kier molecular flexibility index (Phi) is 6.32. The zero-order chi connectivity index (χ0) is 13.9. The van der Waals surface area contributed by atoms with Crippen LogP contribution in [0.1, 0.15) is 26.0 Å². The van der Waals surface area contributed by atoms with Crippen LogP contribution in [-0.2, 0) is 11.3 Å². The molecule has 1 aromatic heterocycles. The van der Waals surface area contributed by atoms with Gasteiger partial charge in [-0.15, -0.1) is 24.0 Å². The Hall–Kier alpha value is -0.760. The molecule has 2 unspecified atom stereocenters. The molecule has 2 N–H and O–H groups in total. The molecule has 2 atom stereocenters. The molecule has 1 heterocycles. The van der Waals surface area contributed by atoms with E-state index >= 15 is 0 Å². The van der Waals surface area contributed by atoms with Gasteiger partial charge in [-0.3, -0.25) is 4.99 Å². The van der Waals surface area contributed by atoms with E-state index in [0.29, 0.717) is 18.7 Å². The van der Waals surface area contributed by atoms with Crippen molar-refractivity contribution in [3.63, 3.8) is 0 Å². The molecule has 0 amide bonds. The van der Waals surface area contributed by atoms with E-state index in [9.17, 15) is 0 Å². The van der Waals surface area contributed by atoms with Crippen molar-refractivity contribution in [2.75, 3.05) is 14.2 Å². The average molecular weight is 393 g/mol. The Morgan fingerprint density at radius 1 is 1.55 bits per heavy atom. The minimum absolute atomic E-state index is 0. The first-order valence-electron chi connectivity index (χ1n) is 6.60. The number of methoxy groups -OCH3 is 1. The van der Waals surface area contributed by atoms with E-state index in [1.54, 1.807) is 20.4 Å². The zero-order valence-electron chi connectivity index (χ0n) is 12.5. The van der Waals surface area contributed by atoms with Gasteiger partial charge in [0.15, 0.2) is 5.96 Å². The Morgan fingerprint density at radius 2 is 2.30 bits per heavy atom. The lowest BCUT2D eigenvalue weighted by Gasteiger charge is -2.51. The van der Waals surface area contributed by atoms with Gasteiger partial charge in [-0.1, -0.05) is 13.8 Å². The van der Waals surface area contributed by atoms with E-state index in [2.05, 4.69) is 29.5 Å². The Morgan fingerprint density at radius 3 is 2.80 bits per heavy atom. The number of aliphatic imine (C=N–C) groups is 1. The second-order valence-electron chi connectivity index (χ2n) is 5.48. The van der Waals surface area contributed by atoms with Gasteiger partial charge in [-0.2, -0.15) is 0 Å². The summed E-state index contributed by atoms with van der Waals surface area (Å²) in [5.74, 6) is 1.69. The van der Waals surface area contributed by atoms with Crippen LogP contribution >= 0.6 is 24.0 Å². The molecular weight excluding hydrogens is 369 g/mol. The molecule has 1 aliphatic rings. The van der Waals surface area contributed by atoms with Crippen LogP contribution in [0, 0.1) is 5.41 Å². The average Bonchev–Trinajstić information content (AvgIpc) is 2.90. The molecule has 5 nitrogen and oxygen atoms in total. The number of nitrogens with zero attached hydrogens (tertiary/aromatic N) is 1. The second-order valence-corrected chi connectivity index (χ2v) is 5.48. The van der Waals surface area contributed by atoms with Crippen molar-refractivity contribution in [3.05, 3.63) is 24.2 Å². The molecule has 20 heavy (non-hydrogen) atoms. The van der Waals surface area contributed by atoms with Crippen molar-refractivity contribution < 1.29 is 9.15 Å². The van der Waals surface area contributed by atoms with Gasteiger partial charge in [0.2, 0.25) is 0 Å². The van der Waals surface area contributed by atoms with Crippen LogP contribution in [0.25, 0.3) is 0 Å². The normalized spacial score (nSPS) is 24.5. The van der Waals surface area contributed by atoms with Crippen LogP contribution in [0.4, 0.5) is 0 Å². The zero-order valence-corrected chi connectivity index (χ0v) is 14.8. The van der Waals surface area contributed by atoms with Gasteiger partial charge in [-0.25, -0.2) is 0 Å². The van der Waals surface area contributed by atoms with Crippen molar-refractivity contribution in [2.45, 2.75) is 39.0 Å². The fourth-order valence-electron chi connectivity index (χ4n) is 2.47. The number of rotatable bonds is 4. The minimum atomic E-state index is 0. The number of nitrogens with one attached hydrogen (secondary N) is 2.